The zero-order valence-electron chi connectivity index (χ0n) is 13.9. The summed E-state index contributed by atoms with van der Waals surface area (Å²) in [5.74, 6) is -7.01. The van der Waals surface area contributed by atoms with Crippen molar-refractivity contribution in [1.29, 1.82) is 0 Å². The van der Waals surface area contributed by atoms with Crippen molar-refractivity contribution in [3.8, 4) is 0 Å². The van der Waals surface area contributed by atoms with Crippen LogP contribution >= 0.6 is 0 Å². The lowest BCUT2D eigenvalue weighted by Crippen LogP contribution is -2.34. The van der Waals surface area contributed by atoms with Crippen LogP contribution in [0.25, 0.3) is 0 Å². The molecule has 0 N–H and O–H groups in total. The summed E-state index contributed by atoms with van der Waals surface area (Å²) in [7, 11) is 0. The fourth-order valence-electron chi connectivity index (χ4n) is 3.50. The molecule has 0 atom stereocenters. The van der Waals surface area contributed by atoms with Gasteiger partial charge in [-0.25, -0.2) is 0 Å². The van der Waals surface area contributed by atoms with Gasteiger partial charge in [-0.05, 0) is 43.1 Å². The first-order valence-electron chi connectivity index (χ1n) is 8.61. The van der Waals surface area contributed by atoms with Gasteiger partial charge in [0.05, 0.1) is 0 Å². The van der Waals surface area contributed by atoms with Gasteiger partial charge in [0.15, 0.2) is 0 Å². The summed E-state index contributed by atoms with van der Waals surface area (Å²) in [5.41, 5.74) is 0.392. The van der Waals surface area contributed by atoms with Gasteiger partial charge < -0.3 is 0 Å². The van der Waals surface area contributed by atoms with Gasteiger partial charge >= 0.3 is 11.8 Å². The Morgan fingerprint density at radius 3 is 2.00 bits per heavy atom. The van der Waals surface area contributed by atoms with Gasteiger partial charge in [-0.1, -0.05) is 50.5 Å². The van der Waals surface area contributed by atoms with Gasteiger partial charge in [0.2, 0.25) is 0 Å². The first-order valence-corrected chi connectivity index (χ1v) is 8.61. The van der Waals surface area contributed by atoms with Crippen LogP contribution < -0.4 is 0 Å². The Balaban J connectivity index is 1.99. The van der Waals surface area contributed by atoms with Crippen LogP contribution in [0.5, 0.6) is 0 Å². The highest BCUT2D eigenvalue weighted by Crippen LogP contribution is 2.43. The summed E-state index contributed by atoms with van der Waals surface area (Å²) >= 11 is 0. The van der Waals surface area contributed by atoms with E-state index >= 15 is 0 Å². The van der Waals surface area contributed by atoms with E-state index < -0.39 is 17.4 Å². The topological polar surface area (TPSA) is 0 Å². The summed E-state index contributed by atoms with van der Waals surface area (Å²) in [6.07, 6.45) is 8.25. The normalized spacial score (nSPS) is 23.0. The molecular formula is C19H26F4. The zero-order valence-corrected chi connectivity index (χ0v) is 13.9. The second-order valence-electron chi connectivity index (χ2n) is 6.94. The molecule has 0 saturated heterocycles. The van der Waals surface area contributed by atoms with Gasteiger partial charge in [-0.2, -0.15) is 17.6 Å². The Kier molecular flexibility index (Phi) is 5.74. The van der Waals surface area contributed by atoms with E-state index in [-0.39, 0.29) is 6.92 Å². The standard InChI is InChI=1S/C19H26F4/c1-3-4-5-14-6-8-15(9-7-14)16-10-12-17(13-11-16)19(22,23)18(2,20)21/h10-15H,3-9H2,1-2H3/t14-,15-. The molecule has 0 heterocycles. The van der Waals surface area contributed by atoms with Crippen molar-refractivity contribution in [2.45, 2.75) is 76.6 Å². The van der Waals surface area contributed by atoms with E-state index in [9.17, 15) is 17.6 Å². The number of hydrogen-bond acceptors (Lipinski definition) is 0. The van der Waals surface area contributed by atoms with E-state index in [1.54, 1.807) is 12.1 Å². The van der Waals surface area contributed by atoms with Crippen molar-refractivity contribution < 1.29 is 17.6 Å². The molecule has 0 unspecified atom stereocenters. The molecule has 1 aromatic carbocycles. The van der Waals surface area contributed by atoms with Crippen molar-refractivity contribution in [1.82, 2.24) is 0 Å². The van der Waals surface area contributed by atoms with Gasteiger partial charge in [0.1, 0.15) is 0 Å². The van der Waals surface area contributed by atoms with Crippen molar-refractivity contribution in [2.75, 3.05) is 0 Å². The minimum atomic E-state index is -4.12. The summed E-state index contributed by atoms with van der Waals surface area (Å²) in [6.45, 7) is 2.46. The summed E-state index contributed by atoms with van der Waals surface area (Å²) in [4.78, 5) is 0. The Hall–Kier alpha value is -1.06. The third kappa shape index (κ3) is 4.27. The molecule has 2 rings (SSSR count). The number of rotatable bonds is 6. The van der Waals surface area contributed by atoms with E-state index in [0.717, 1.165) is 36.5 Å². The Bertz CT molecular complexity index is 479. The molecule has 0 radical (unpaired) electrons. The molecule has 0 aromatic heterocycles. The minimum absolute atomic E-state index is 0.262. The third-order valence-electron chi connectivity index (χ3n) is 5.11. The van der Waals surface area contributed by atoms with Crippen molar-refractivity contribution in [3.63, 3.8) is 0 Å². The van der Waals surface area contributed by atoms with Crippen LogP contribution in [-0.2, 0) is 5.92 Å². The summed E-state index contributed by atoms with van der Waals surface area (Å²) in [5, 5.41) is 0. The van der Waals surface area contributed by atoms with Crippen LogP contribution in [0.15, 0.2) is 24.3 Å². The van der Waals surface area contributed by atoms with E-state index in [1.165, 1.54) is 32.1 Å². The van der Waals surface area contributed by atoms with Crippen LogP contribution in [-0.4, -0.2) is 5.92 Å². The zero-order chi connectivity index (χ0) is 17.1. The molecule has 1 saturated carbocycles. The second kappa shape index (κ2) is 7.23. The van der Waals surface area contributed by atoms with Crippen LogP contribution in [0, 0.1) is 5.92 Å². The fraction of sp³-hybridized carbons (Fsp3) is 0.684. The van der Waals surface area contributed by atoms with Gasteiger partial charge in [-0.3, -0.25) is 0 Å². The number of benzene rings is 1. The molecule has 130 valence electrons. The number of halogens is 4. The number of hydrogen-bond donors (Lipinski definition) is 0. The fourth-order valence-corrected chi connectivity index (χ4v) is 3.50. The highest BCUT2D eigenvalue weighted by atomic mass is 19.3. The number of alkyl halides is 4. The summed E-state index contributed by atoms with van der Waals surface area (Å²) < 4.78 is 53.4. The number of unbranched alkanes of at least 4 members (excludes halogenated alkanes) is 1. The van der Waals surface area contributed by atoms with Crippen LogP contribution in [0.1, 0.15) is 75.8 Å². The molecule has 23 heavy (non-hydrogen) atoms. The van der Waals surface area contributed by atoms with Crippen LogP contribution in [0.2, 0.25) is 0 Å². The predicted octanol–water partition coefficient (Wildman–Crippen LogP) is 6.90. The van der Waals surface area contributed by atoms with Gasteiger partial charge in [0.25, 0.3) is 0 Å². The van der Waals surface area contributed by atoms with Crippen LogP contribution in [0.4, 0.5) is 17.6 Å². The average Bonchev–Trinajstić information content (AvgIpc) is 2.52. The quantitative estimate of drug-likeness (QED) is 0.498. The largest absolute Gasteiger partial charge is 0.335 e. The second-order valence-corrected chi connectivity index (χ2v) is 6.94. The van der Waals surface area contributed by atoms with E-state index in [0.29, 0.717) is 5.92 Å². The molecule has 0 bridgehead atoms. The maximum atomic E-state index is 13.7. The maximum Gasteiger partial charge on any atom is 0.335 e. The Morgan fingerprint density at radius 1 is 0.957 bits per heavy atom. The molecule has 0 spiro atoms. The van der Waals surface area contributed by atoms with Gasteiger partial charge in [0, 0.05) is 12.5 Å². The van der Waals surface area contributed by atoms with Crippen LogP contribution in [0.3, 0.4) is 0 Å². The molecule has 1 aromatic rings. The first-order chi connectivity index (χ1) is 10.8. The summed E-state index contributed by atoms with van der Waals surface area (Å²) in [6, 6.07) is 5.53. The lowest BCUT2D eigenvalue weighted by Gasteiger charge is -2.29. The first kappa shape index (κ1) is 18.3. The van der Waals surface area contributed by atoms with Crippen molar-refractivity contribution in [3.05, 3.63) is 35.4 Å². The molecule has 0 amide bonds. The Labute approximate surface area is 136 Å². The maximum absolute atomic E-state index is 13.7. The highest BCUT2D eigenvalue weighted by Gasteiger charge is 2.53. The highest BCUT2D eigenvalue weighted by molar-refractivity contribution is 5.29. The average molecular weight is 330 g/mol. The Morgan fingerprint density at radius 2 is 1.52 bits per heavy atom. The molecule has 1 aliphatic rings. The predicted molar refractivity (Wildman–Crippen MR) is 85.2 cm³/mol. The van der Waals surface area contributed by atoms with E-state index in [1.807, 2.05) is 0 Å². The van der Waals surface area contributed by atoms with E-state index in [2.05, 4.69) is 6.92 Å². The van der Waals surface area contributed by atoms with E-state index in [4.69, 9.17) is 0 Å². The van der Waals surface area contributed by atoms with Crippen molar-refractivity contribution in [2.24, 2.45) is 5.92 Å². The minimum Gasteiger partial charge on any atom is -0.200 e. The molecule has 0 nitrogen and oxygen atoms in total. The molecule has 1 fully saturated rings. The van der Waals surface area contributed by atoms with Gasteiger partial charge in [-0.15, -0.1) is 0 Å². The SMILES string of the molecule is CCCC[C@H]1CC[C@H](c2ccc(C(F)(F)C(C)(F)F)cc2)CC1. The molecular weight excluding hydrogens is 304 g/mol. The third-order valence-corrected chi connectivity index (χ3v) is 5.11. The lowest BCUT2D eigenvalue weighted by atomic mass is 9.77. The monoisotopic (exact) mass is 330 g/mol. The molecule has 0 aliphatic heterocycles. The molecule has 4 heteroatoms. The smallest absolute Gasteiger partial charge is 0.200 e. The van der Waals surface area contributed by atoms with Crippen molar-refractivity contribution >= 4 is 0 Å². The lowest BCUT2D eigenvalue weighted by molar-refractivity contribution is -0.204. The molecule has 1 aliphatic carbocycles.